The number of fused-ring (bicyclic) bond motifs is 1. The zero-order chi connectivity index (χ0) is 12.6. The molecule has 0 aliphatic heterocycles. The van der Waals surface area contributed by atoms with E-state index < -0.39 is 5.97 Å². The number of benzene rings is 1. The number of rotatable bonds is 3. The van der Waals surface area contributed by atoms with Gasteiger partial charge in [-0.3, -0.25) is 0 Å². The Kier molecular flexibility index (Phi) is 3.40. The minimum Gasteiger partial charge on any atom is -0.496 e. The maximum absolute atomic E-state index is 11.3. The van der Waals surface area contributed by atoms with Crippen molar-refractivity contribution >= 4 is 43.3 Å². The Morgan fingerprint density at radius 2 is 2.24 bits per heavy atom. The van der Waals surface area contributed by atoms with E-state index in [4.69, 9.17) is 4.74 Å². The van der Waals surface area contributed by atoms with E-state index in [2.05, 4.69) is 15.9 Å². The van der Waals surface area contributed by atoms with Crippen molar-refractivity contribution in [3.63, 3.8) is 0 Å². The third-order valence-corrected chi connectivity index (χ3v) is 4.49. The molecule has 0 radical (unpaired) electrons. The zero-order valence-corrected chi connectivity index (χ0v) is 11.8. The first-order valence-electron chi connectivity index (χ1n) is 5.10. The van der Waals surface area contributed by atoms with Gasteiger partial charge in [0, 0.05) is 15.0 Å². The Morgan fingerprint density at radius 3 is 2.76 bits per heavy atom. The maximum Gasteiger partial charge on any atom is 0.337 e. The van der Waals surface area contributed by atoms with Crippen LogP contribution in [-0.4, -0.2) is 18.2 Å². The number of carbonyl (C=O) groups is 1. The van der Waals surface area contributed by atoms with Crippen molar-refractivity contribution in [2.45, 2.75) is 13.3 Å². The molecule has 0 amide bonds. The van der Waals surface area contributed by atoms with Gasteiger partial charge in [0.05, 0.1) is 17.1 Å². The summed E-state index contributed by atoms with van der Waals surface area (Å²) in [6.07, 6.45) is 0.723. The van der Waals surface area contributed by atoms with Crippen LogP contribution in [0.5, 0.6) is 5.75 Å². The number of carboxylic acid groups (broad SMARTS) is 1. The molecule has 1 N–H and O–H groups in total. The summed E-state index contributed by atoms with van der Waals surface area (Å²) in [6, 6.07) is 3.68. The van der Waals surface area contributed by atoms with Gasteiger partial charge in [-0.15, -0.1) is 11.3 Å². The summed E-state index contributed by atoms with van der Waals surface area (Å²) in [5, 5.41) is 10.0. The van der Waals surface area contributed by atoms with Crippen molar-refractivity contribution in [1.29, 1.82) is 0 Å². The van der Waals surface area contributed by atoms with Crippen molar-refractivity contribution in [3.8, 4) is 5.75 Å². The first kappa shape index (κ1) is 12.4. The average Bonchev–Trinajstić information content (AvgIpc) is 2.65. The summed E-state index contributed by atoms with van der Waals surface area (Å²) in [7, 11) is 1.60. The van der Waals surface area contributed by atoms with Gasteiger partial charge in [-0.05, 0) is 34.5 Å². The molecular formula is C12H11BrO3S. The van der Waals surface area contributed by atoms with E-state index in [1.807, 2.05) is 19.1 Å². The lowest BCUT2D eigenvalue weighted by molar-refractivity contribution is 0.0698. The lowest BCUT2D eigenvalue weighted by Crippen LogP contribution is -1.98. The van der Waals surface area contributed by atoms with Crippen LogP contribution in [0.2, 0.25) is 0 Å². The van der Waals surface area contributed by atoms with Crippen molar-refractivity contribution in [2.24, 2.45) is 0 Å². The van der Waals surface area contributed by atoms with E-state index in [-0.39, 0.29) is 0 Å². The van der Waals surface area contributed by atoms with Gasteiger partial charge in [0.2, 0.25) is 0 Å². The molecule has 1 heterocycles. The van der Waals surface area contributed by atoms with Crippen molar-refractivity contribution < 1.29 is 14.6 Å². The van der Waals surface area contributed by atoms with E-state index in [0.717, 1.165) is 31.6 Å². The number of methoxy groups -OCH3 is 1. The Labute approximate surface area is 111 Å². The van der Waals surface area contributed by atoms with Crippen LogP contribution in [0.4, 0.5) is 0 Å². The lowest BCUT2D eigenvalue weighted by Gasteiger charge is -2.03. The normalized spacial score (nSPS) is 10.8. The van der Waals surface area contributed by atoms with E-state index in [1.54, 1.807) is 7.11 Å². The molecule has 0 aliphatic rings. The van der Waals surface area contributed by atoms with Crippen LogP contribution >= 0.6 is 27.3 Å². The van der Waals surface area contributed by atoms with Crippen molar-refractivity contribution in [1.82, 2.24) is 0 Å². The molecule has 90 valence electrons. The summed E-state index contributed by atoms with van der Waals surface area (Å²) in [4.78, 5) is 12.2. The minimum absolute atomic E-state index is 0.413. The molecule has 0 spiro atoms. The van der Waals surface area contributed by atoms with E-state index in [1.165, 1.54) is 11.3 Å². The fourth-order valence-electron chi connectivity index (χ4n) is 1.79. The molecule has 5 heteroatoms. The largest absolute Gasteiger partial charge is 0.496 e. The third kappa shape index (κ3) is 2.05. The predicted molar refractivity (Wildman–Crippen MR) is 72.4 cm³/mol. The van der Waals surface area contributed by atoms with Crippen LogP contribution in [0.15, 0.2) is 16.6 Å². The monoisotopic (exact) mass is 314 g/mol. The number of hydrogen-bond donors (Lipinski definition) is 1. The molecule has 0 aliphatic carbocycles. The number of halogens is 1. The average molecular weight is 315 g/mol. The molecule has 0 saturated heterocycles. The number of carboxylic acids is 1. The summed E-state index contributed by atoms with van der Waals surface area (Å²) < 4.78 is 6.93. The van der Waals surface area contributed by atoms with Gasteiger partial charge in [-0.25, -0.2) is 4.79 Å². The van der Waals surface area contributed by atoms with Crippen molar-refractivity contribution in [2.75, 3.05) is 7.11 Å². The second kappa shape index (κ2) is 4.66. The molecule has 0 atom stereocenters. The van der Waals surface area contributed by atoms with Gasteiger partial charge in [-0.2, -0.15) is 0 Å². The summed E-state index contributed by atoms with van der Waals surface area (Å²) in [5.74, 6) is -0.150. The molecule has 3 nitrogen and oxygen atoms in total. The van der Waals surface area contributed by atoms with Gasteiger partial charge >= 0.3 is 5.97 Å². The Balaban J connectivity index is 2.79. The summed E-state index contributed by atoms with van der Waals surface area (Å²) >= 11 is 4.89. The van der Waals surface area contributed by atoms with E-state index in [9.17, 15) is 9.90 Å². The Hall–Kier alpha value is -1.07. The fourth-order valence-corrected chi connectivity index (χ4v) is 3.44. The first-order valence-corrected chi connectivity index (χ1v) is 6.71. The van der Waals surface area contributed by atoms with Gasteiger partial charge in [0.1, 0.15) is 5.75 Å². The molecule has 0 bridgehead atoms. The molecule has 1 aromatic carbocycles. The third-order valence-electron chi connectivity index (χ3n) is 2.57. The number of thiophene rings is 1. The van der Waals surface area contributed by atoms with Crippen LogP contribution in [0.25, 0.3) is 10.1 Å². The van der Waals surface area contributed by atoms with Gasteiger partial charge < -0.3 is 9.84 Å². The molecule has 2 rings (SSSR count). The smallest absolute Gasteiger partial charge is 0.337 e. The second-order valence-corrected chi connectivity index (χ2v) is 5.53. The minimum atomic E-state index is -0.870. The van der Waals surface area contributed by atoms with Crippen LogP contribution in [0.1, 0.15) is 22.2 Å². The topological polar surface area (TPSA) is 46.5 Å². The number of aromatic carboxylic acids is 1. The van der Waals surface area contributed by atoms with E-state index >= 15 is 0 Å². The molecule has 0 fully saturated rings. The SMILES string of the molecule is CCc1sc2cc(OC)c(Br)cc2c1C(=O)O. The van der Waals surface area contributed by atoms with Crippen LogP contribution in [-0.2, 0) is 6.42 Å². The standard InChI is InChI=1S/C12H11BrO3S/c1-3-9-11(12(14)15)6-4-7(13)8(16-2)5-10(6)17-9/h4-5H,3H2,1-2H3,(H,14,15). The number of hydrogen-bond acceptors (Lipinski definition) is 3. The van der Waals surface area contributed by atoms with Crippen LogP contribution in [0, 0.1) is 0 Å². The van der Waals surface area contributed by atoms with Gasteiger partial charge in [-0.1, -0.05) is 6.92 Å². The summed E-state index contributed by atoms with van der Waals surface area (Å²) in [6.45, 7) is 1.96. The predicted octanol–water partition coefficient (Wildman–Crippen LogP) is 3.93. The molecular weight excluding hydrogens is 304 g/mol. The second-order valence-electron chi connectivity index (χ2n) is 3.54. The molecule has 17 heavy (non-hydrogen) atoms. The fraction of sp³-hybridized carbons (Fsp3) is 0.250. The Morgan fingerprint density at radius 1 is 1.53 bits per heavy atom. The Bertz CT molecular complexity index is 589. The molecule has 2 aromatic rings. The highest BCUT2D eigenvalue weighted by Gasteiger charge is 2.18. The maximum atomic E-state index is 11.3. The van der Waals surface area contributed by atoms with Gasteiger partial charge in [0.15, 0.2) is 0 Å². The molecule has 1 aromatic heterocycles. The van der Waals surface area contributed by atoms with Crippen molar-refractivity contribution in [3.05, 3.63) is 27.0 Å². The highest BCUT2D eigenvalue weighted by atomic mass is 79.9. The van der Waals surface area contributed by atoms with Crippen LogP contribution < -0.4 is 4.74 Å². The highest BCUT2D eigenvalue weighted by molar-refractivity contribution is 9.10. The van der Waals surface area contributed by atoms with Crippen LogP contribution in [0.3, 0.4) is 0 Å². The number of ether oxygens (including phenoxy) is 1. The first-order chi connectivity index (χ1) is 8.08. The lowest BCUT2D eigenvalue weighted by atomic mass is 10.1. The molecule has 0 unspecified atom stereocenters. The van der Waals surface area contributed by atoms with E-state index in [0.29, 0.717) is 5.56 Å². The zero-order valence-electron chi connectivity index (χ0n) is 9.41. The molecule has 0 saturated carbocycles. The highest BCUT2D eigenvalue weighted by Crippen LogP contribution is 2.38. The number of aryl methyl sites for hydroxylation is 1. The quantitative estimate of drug-likeness (QED) is 0.933. The summed E-state index contributed by atoms with van der Waals surface area (Å²) in [5.41, 5.74) is 0.413. The van der Waals surface area contributed by atoms with Gasteiger partial charge in [0.25, 0.3) is 0 Å².